The van der Waals surface area contributed by atoms with E-state index in [1.165, 1.54) is 77.0 Å². The summed E-state index contributed by atoms with van der Waals surface area (Å²) in [6, 6.07) is 72.7. The molecule has 0 saturated carbocycles. The van der Waals surface area contributed by atoms with E-state index in [-0.39, 0.29) is 0 Å². The van der Waals surface area contributed by atoms with E-state index in [9.17, 15) is 0 Å². The van der Waals surface area contributed by atoms with Crippen molar-refractivity contribution in [3.05, 3.63) is 213 Å². The van der Waals surface area contributed by atoms with Crippen molar-refractivity contribution in [3.63, 3.8) is 0 Å². The highest BCUT2D eigenvalue weighted by Gasteiger charge is 2.17. The van der Waals surface area contributed by atoms with Crippen molar-refractivity contribution in [2.24, 2.45) is 0 Å². The van der Waals surface area contributed by atoms with Crippen molar-refractivity contribution < 1.29 is 0 Å². The van der Waals surface area contributed by atoms with Gasteiger partial charge in [0.05, 0.1) is 22.1 Å². The van der Waals surface area contributed by atoms with Gasteiger partial charge in [0, 0.05) is 45.3 Å². The maximum Gasteiger partial charge on any atom is 0.0547 e. The molecule has 0 radical (unpaired) electrons. The third kappa shape index (κ3) is 5.32. The fourth-order valence-corrected chi connectivity index (χ4v) is 8.54. The third-order valence-corrected chi connectivity index (χ3v) is 11.2. The number of nitrogens with zero attached hydrogens (tertiary/aromatic N) is 3. The van der Waals surface area contributed by atoms with Gasteiger partial charge in [-0.25, -0.2) is 0 Å². The Morgan fingerprint density at radius 3 is 1.39 bits per heavy atom. The Labute approximate surface area is 325 Å². The standard InChI is InChI=1S/C53H35N3/c1-3-11-36(12-4-1)38-19-23-44(24-20-38)55-50-17-9-7-15-46(50)48-25-21-41(35-53(48)55)40-22-26-52-49(34-40)47-16-8-10-18-51(47)56(52)45-32-42(37-13-5-2-6-14-37)31-43(33-45)39-27-29-54-30-28-39/h1-35H. The minimum absolute atomic E-state index is 1.13. The average molecular weight is 714 g/mol. The van der Waals surface area contributed by atoms with Crippen LogP contribution in [0.1, 0.15) is 0 Å². The lowest BCUT2D eigenvalue weighted by Gasteiger charge is -2.14. The van der Waals surface area contributed by atoms with Crippen molar-refractivity contribution in [2.45, 2.75) is 0 Å². The number of hydrogen-bond donors (Lipinski definition) is 0. The lowest BCUT2D eigenvalue weighted by molar-refractivity contribution is 1.18. The molecule has 0 atom stereocenters. The quantitative estimate of drug-likeness (QED) is 0.168. The van der Waals surface area contributed by atoms with Crippen LogP contribution in [0.5, 0.6) is 0 Å². The van der Waals surface area contributed by atoms with E-state index >= 15 is 0 Å². The summed E-state index contributed by atoms with van der Waals surface area (Å²) in [4.78, 5) is 4.29. The third-order valence-electron chi connectivity index (χ3n) is 11.2. The maximum absolute atomic E-state index is 4.29. The Morgan fingerprint density at radius 1 is 0.250 bits per heavy atom. The van der Waals surface area contributed by atoms with E-state index in [0.29, 0.717) is 0 Å². The van der Waals surface area contributed by atoms with Crippen molar-refractivity contribution in [1.29, 1.82) is 0 Å². The van der Waals surface area contributed by atoms with Crippen molar-refractivity contribution in [2.75, 3.05) is 0 Å². The Kier molecular flexibility index (Phi) is 7.49. The van der Waals surface area contributed by atoms with Gasteiger partial charge < -0.3 is 9.13 Å². The molecule has 3 nitrogen and oxygen atoms in total. The SMILES string of the molecule is c1ccc(-c2ccc(-n3c4ccccc4c4ccc(-c5ccc6c(c5)c5ccccc5n6-c5cc(-c6ccccc6)cc(-c6ccncc6)c5)cc43)cc2)cc1. The summed E-state index contributed by atoms with van der Waals surface area (Å²) in [6.07, 6.45) is 3.73. The summed E-state index contributed by atoms with van der Waals surface area (Å²) in [5.41, 5.74) is 16.5. The van der Waals surface area contributed by atoms with Crippen LogP contribution in [0, 0.1) is 0 Å². The fraction of sp³-hybridized carbons (Fsp3) is 0. The summed E-state index contributed by atoms with van der Waals surface area (Å²) >= 11 is 0. The fourth-order valence-electron chi connectivity index (χ4n) is 8.54. The molecule has 11 rings (SSSR count). The molecule has 3 heterocycles. The van der Waals surface area contributed by atoms with Crippen LogP contribution in [0.3, 0.4) is 0 Å². The molecule has 0 spiro atoms. The van der Waals surface area contributed by atoms with Gasteiger partial charge in [-0.2, -0.15) is 0 Å². The van der Waals surface area contributed by atoms with E-state index < -0.39 is 0 Å². The zero-order valence-electron chi connectivity index (χ0n) is 30.5. The molecule has 11 aromatic rings. The first-order valence-corrected chi connectivity index (χ1v) is 19.1. The van der Waals surface area contributed by atoms with Gasteiger partial charge in [-0.05, 0) is 117 Å². The second-order valence-corrected chi connectivity index (χ2v) is 14.5. The van der Waals surface area contributed by atoms with Crippen LogP contribution < -0.4 is 0 Å². The summed E-state index contributed by atoms with van der Waals surface area (Å²) in [5.74, 6) is 0. The van der Waals surface area contributed by atoms with Crippen molar-refractivity contribution >= 4 is 43.6 Å². The van der Waals surface area contributed by atoms with Gasteiger partial charge in [0.15, 0.2) is 0 Å². The number of pyridine rings is 1. The van der Waals surface area contributed by atoms with Crippen LogP contribution >= 0.6 is 0 Å². The normalized spacial score (nSPS) is 11.6. The van der Waals surface area contributed by atoms with Gasteiger partial charge in [-0.3, -0.25) is 4.98 Å². The Morgan fingerprint density at radius 2 is 0.714 bits per heavy atom. The second-order valence-electron chi connectivity index (χ2n) is 14.5. The highest BCUT2D eigenvalue weighted by atomic mass is 15.0. The Bertz CT molecular complexity index is 3150. The zero-order chi connectivity index (χ0) is 37.0. The number of fused-ring (bicyclic) bond motifs is 6. The van der Waals surface area contributed by atoms with E-state index in [4.69, 9.17) is 0 Å². The summed E-state index contributed by atoms with van der Waals surface area (Å²) in [6.45, 7) is 0. The van der Waals surface area contributed by atoms with Crippen LogP contribution in [0.25, 0.3) is 99.5 Å². The van der Waals surface area contributed by atoms with Crippen LogP contribution in [0.15, 0.2) is 213 Å². The van der Waals surface area contributed by atoms with Crippen LogP contribution in [0.2, 0.25) is 0 Å². The molecule has 0 N–H and O–H groups in total. The molecule has 0 fully saturated rings. The first kappa shape index (κ1) is 32.0. The number of rotatable bonds is 6. The minimum atomic E-state index is 1.13. The Balaban J connectivity index is 1.08. The molecule has 0 amide bonds. The van der Waals surface area contributed by atoms with Crippen molar-refractivity contribution in [3.8, 4) is 55.9 Å². The molecule has 0 bridgehead atoms. The summed E-state index contributed by atoms with van der Waals surface area (Å²) in [5, 5.41) is 4.96. The monoisotopic (exact) mass is 713 g/mol. The number of para-hydroxylation sites is 2. The predicted octanol–water partition coefficient (Wildman–Crippen LogP) is 13.9. The molecule has 0 aliphatic carbocycles. The van der Waals surface area contributed by atoms with Crippen LogP contribution in [-0.4, -0.2) is 14.1 Å². The van der Waals surface area contributed by atoms with Crippen molar-refractivity contribution in [1.82, 2.24) is 14.1 Å². The molecule has 3 heteroatoms. The predicted molar refractivity (Wildman–Crippen MR) is 235 cm³/mol. The zero-order valence-corrected chi connectivity index (χ0v) is 30.5. The van der Waals surface area contributed by atoms with Gasteiger partial charge >= 0.3 is 0 Å². The largest absolute Gasteiger partial charge is 0.309 e. The molecule has 56 heavy (non-hydrogen) atoms. The number of benzene rings is 8. The minimum Gasteiger partial charge on any atom is -0.309 e. The van der Waals surface area contributed by atoms with E-state index in [0.717, 1.165) is 22.5 Å². The van der Waals surface area contributed by atoms with Gasteiger partial charge in [0.25, 0.3) is 0 Å². The summed E-state index contributed by atoms with van der Waals surface area (Å²) < 4.78 is 4.83. The Hall–Kier alpha value is -7.49. The smallest absolute Gasteiger partial charge is 0.0547 e. The average Bonchev–Trinajstić information content (AvgIpc) is 3.79. The highest BCUT2D eigenvalue weighted by molar-refractivity contribution is 6.12. The molecular weight excluding hydrogens is 679 g/mol. The van der Waals surface area contributed by atoms with Gasteiger partial charge in [0.2, 0.25) is 0 Å². The molecular formula is C53H35N3. The maximum atomic E-state index is 4.29. The molecule has 3 aromatic heterocycles. The first-order valence-electron chi connectivity index (χ1n) is 19.1. The van der Waals surface area contributed by atoms with E-state index in [1.807, 2.05) is 12.4 Å². The topological polar surface area (TPSA) is 22.8 Å². The van der Waals surface area contributed by atoms with E-state index in [2.05, 4.69) is 214 Å². The number of hydrogen-bond acceptors (Lipinski definition) is 1. The van der Waals surface area contributed by atoms with E-state index in [1.54, 1.807) is 0 Å². The lowest BCUT2D eigenvalue weighted by Crippen LogP contribution is -1.96. The lowest BCUT2D eigenvalue weighted by atomic mass is 9.98. The molecule has 0 aliphatic heterocycles. The molecule has 0 unspecified atom stereocenters. The second kappa shape index (κ2) is 13.1. The van der Waals surface area contributed by atoms with Gasteiger partial charge in [0.1, 0.15) is 0 Å². The molecule has 0 saturated heterocycles. The van der Waals surface area contributed by atoms with Gasteiger partial charge in [-0.15, -0.1) is 0 Å². The first-order chi connectivity index (χ1) is 27.8. The molecule has 0 aliphatic rings. The number of aromatic nitrogens is 3. The molecule has 8 aromatic carbocycles. The van der Waals surface area contributed by atoms with Gasteiger partial charge in [-0.1, -0.05) is 127 Å². The summed E-state index contributed by atoms with van der Waals surface area (Å²) in [7, 11) is 0. The van der Waals surface area contributed by atoms with Crippen LogP contribution in [-0.2, 0) is 0 Å². The molecule has 262 valence electrons. The highest BCUT2D eigenvalue weighted by Crippen LogP contribution is 2.40. The van der Waals surface area contributed by atoms with Crippen LogP contribution in [0.4, 0.5) is 0 Å².